The van der Waals surface area contributed by atoms with Crippen molar-refractivity contribution >= 4 is 34.7 Å². The van der Waals surface area contributed by atoms with Gasteiger partial charge in [0.15, 0.2) is 11.5 Å². The maximum absolute atomic E-state index is 13.4. The number of amides is 1. The molecule has 1 heterocycles. The minimum absolute atomic E-state index is 0.0868. The maximum Gasteiger partial charge on any atom is 0.300 e. The van der Waals surface area contributed by atoms with E-state index in [1.165, 1.54) is 18.1 Å². The van der Waals surface area contributed by atoms with Crippen molar-refractivity contribution in [2.24, 2.45) is 0 Å². The minimum Gasteiger partial charge on any atom is -0.507 e. The average molecular weight is 494 g/mol. The summed E-state index contributed by atoms with van der Waals surface area (Å²) in [6.45, 7) is 3.87. The molecule has 0 aromatic heterocycles. The summed E-state index contributed by atoms with van der Waals surface area (Å²) in [4.78, 5) is 28.1. The Balaban J connectivity index is 2.02. The van der Waals surface area contributed by atoms with E-state index in [2.05, 4.69) is 0 Å². The molecule has 1 amide bonds. The predicted octanol–water partition coefficient (Wildman–Crippen LogP) is 5.39. The highest BCUT2D eigenvalue weighted by molar-refractivity contribution is 6.52. The molecule has 0 spiro atoms. The van der Waals surface area contributed by atoms with Crippen LogP contribution in [0.5, 0.6) is 17.2 Å². The number of ketones is 1. The van der Waals surface area contributed by atoms with Crippen LogP contribution in [-0.4, -0.2) is 35.6 Å². The van der Waals surface area contributed by atoms with Crippen molar-refractivity contribution in [3.63, 3.8) is 0 Å². The lowest BCUT2D eigenvalue weighted by atomic mass is 9.94. The molecule has 3 aromatic rings. The Morgan fingerprint density at radius 2 is 1.80 bits per heavy atom. The lowest BCUT2D eigenvalue weighted by molar-refractivity contribution is -0.132. The Labute approximate surface area is 207 Å². The molecule has 1 unspecified atom stereocenters. The highest BCUT2D eigenvalue weighted by Gasteiger charge is 2.47. The molecular formula is C27H24ClNO6. The Morgan fingerprint density at radius 1 is 1.06 bits per heavy atom. The molecule has 0 saturated carbocycles. The smallest absolute Gasteiger partial charge is 0.300 e. The summed E-state index contributed by atoms with van der Waals surface area (Å²) in [5.41, 5.74) is 1.75. The quantitative estimate of drug-likeness (QED) is 0.271. The van der Waals surface area contributed by atoms with Crippen LogP contribution in [0.1, 0.15) is 29.7 Å². The number of Topliss-reactive ketones (excluding diaryl/α,β-unsaturated/α-hetero) is 1. The van der Waals surface area contributed by atoms with Gasteiger partial charge in [-0.15, -0.1) is 0 Å². The van der Waals surface area contributed by atoms with E-state index >= 15 is 0 Å². The van der Waals surface area contributed by atoms with Crippen LogP contribution in [0.4, 0.5) is 5.69 Å². The number of rotatable bonds is 6. The SMILES string of the molecule is CCOc1cc(C2/C(=C(\O)c3ccccc3OC)C(=O)C(=O)N2c2cc(Cl)ccc2C)ccc1O. The largest absolute Gasteiger partial charge is 0.507 e. The highest BCUT2D eigenvalue weighted by Crippen LogP contribution is 2.46. The molecule has 1 aliphatic heterocycles. The first-order chi connectivity index (χ1) is 16.8. The summed E-state index contributed by atoms with van der Waals surface area (Å²) in [5, 5.41) is 22.0. The number of para-hydroxylation sites is 1. The number of hydrogen-bond donors (Lipinski definition) is 2. The molecule has 180 valence electrons. The molecule has 0 radical (unpaired) electrons. The normalized spacial score (nSPS) is 17.0. The summed E-state index contributed by atoms with van der Waals surface area (Å²) in [6, 6.07) is 15.3. The van der Waals surface area contributed by atoms with Crippen LogP contribution >= 0.6 is 11.6 Å². The predicted molar refractivity (Wildman–Crippen MR) is 133 cm³/mol. The van der Waals surface area contributed by atoms with Crippen molar-refractivity contribution in [2.45, 2.75) is 19.9 Å². The van der Waals surface area contributed by atoms with Gasteiger partial charge in [-0.2, -0.15) is 0 Å². The summed E-state index contributed by atoms with van der Waals surface area (Å²) >= 11 is 6.24. The van der Waals surface area contributed by atoms with Gasteiger partial charge in [0, 0.05) is 10.7 Å². The number of phenols is 1. The van der Waals surface area contributed by atoms with Crippen LogP contribution in [0.25, 0.3) is 5.76 Å². The fourth-order valence-electron chi connectivity index (χ4n) is 4.20. The van der Waals surface area contributed by atoms with Crippen molar-refractivity contribution < 1.29 is 29.3 Å². The number of halogens is 1. The number of nitrogens with zero attached hydrogens (tertiary/aromatic N) is 1. The lowest BCUT2D eigenvalue weighted by Gasteiger charge is -2.27. The van der Waals surface area contributed by atoms with Crippen molar-refractivity contribution in [2.75, 3.05) is 18.6 Å². The molecule has 3 aromatic carbocycles. The molecule has 7 nitrogen and oxygen atoms in total. The van der Waals surface area contributed by atoms with Gasteiger partial charge in [-0.05, 0) is 61.4 Å². The number of carbonyl (C=O) groups is 2. The summed E-state index contributed by atoms with van der Waals surface area (Å²) < 4.78 is 10.9. The number of ether oxygens (including phenoxy) is 2. The fraction of sp³-hybridized carbons (Fsp3) is 0.185. The molecule has 1 fully saturated rings. The van der Waals surface area contributed by atoms with E-state index in [9.17, 15) is 19.8 Å². The monoisotopic (exact) mass is 493 g/mol. The molecule has 2 N–H and O–H groups in total. The van der Waals surface area contributed by atoms with Crippen molar-refractivity contribution in [1.29, 1.82) is 0 Å². The molecule has 8 heteroatoms. The van der Waals surface area contributed by atoms with Crippen molar-refractivity contribution in [3.05, 3.63) is 87.9 Å². The van der Waals surface area contributed by atoms with Gasteiger partial charge < -0.3 is 19.7 Å². The van der Waals surface area contributed by atoms with Crippen LogP contribution < -0.4 is 14.4 Å². The second-order valence-electron chi connectivity index (χ2n) is 7.96. The van der Waals surface area contributed by atoms with Crippen molar-refractivity contribution in [1.82, 2.24) is 0 Å². The average Bonchev–Trinajstić information content (AvgIpc) is 3.12. The summed E-state index contributed by atoms with van der Waals surface area (Å²) in [7, 11) is 1.45. The Kier molecular flexibility index (Phi) is 6.71. The topological polar surface area (TPSA) is 96.3 Å². The van der Waals surface area contributed by atoms with E-state index < -0.39 is 17.7 Å². The van der Waals surface area contributed by atoms with E-state index in [4.69, 9.17) is 21.1 Å². The molecule has 0 aliphatic carbocycles. The number of carbonyl (C=O) groups excluding carboxylic acids is 2. The van der Waals surface area contributed by atoms with Crippen LogP contribution in [0.15, 0.2) is 66.2 Å². The third-order valence-corrected chi connectivity index (χ3v) is 6.07. The number of methoxy groups -OCH3 is 1. The summed E-state index contributed by atoms with van der Waals surface area (Å²) in [6.07, 6.45) is 0. The van der Waals surface area contributed by atoms with Gasteiger partial charge in [0.25, 0.3) is 11.7 Å². The van der Waals surface area contributed by atoms with Crippen molar-refractivity contribution in [3.8, 4) is 17.2 Å². The van der Waals surface area contributed by atoms with Gasteiger partial charge in [-0.25, -0.2) is 0 Å². The number of aliphatic hydroxyl groups excluding tert-OH is 1. The molecular weight excluding hydrogens is 470 g/mol. The summed E-state index contributed by atoms with van der Waals surface area (Å²) in [5.74, 6) is -1.60. The number of benzene rings is 3. The van der Waals surface area contributed by atoms with Gasteiger partial charge in [0.1, 0.15) is 11.5 Å². The van der Waals surface area contributed by atoms with E-state index in [1.54, 1.807) is 68.4 Å². The van der Waals surface area contributed by atoms with E-state index in [0.29, 0.717) is 34.2 Å². The molecule has 1 saturated heterocycles. The molecule has 1 aliphatic rings. The van der Waals surface area contributed by atoms with Crippen LogP contribution in [0, 0.1) is 6.92 Å². The first kappa shape index (κ1) is 24.2. The van der Waals surface area contributed by atoms with E-state index in [-0.39, 0.29) is 28.4 Å². The van der Waals surface area contributed by atoms with E-state index in [1.807, 2.05) is 0 Å². The number of phenolic OH excluding ortho intramolecular Hbond substituents is 1. The third kappa shape index (κ3) is 4.31. The Bertz CT molecular complexity index is 1350. The highest BCUT2D eigenvalue weighted by atomic mass is 35.5. The number of aryl methyl sites for hydroxylation is 1. The van der Waals surface area contributed by atoms with Gasteiger partial charge in [-0.3, -0.25) is 14.5 Å². The maximum atomic E-state index is 13.4. The number of hydrogen-bond acceptors (Lipinski definition) is 6. The zero-order valence-corrected chi connectivity index (χ0v) is 20.2. The molecule has 1 atom stereocenters. The van der Waals surface area contributed by atoms with Gasteiger partial charge in [-0.1, -0.05) is 35.9 Å². The zero-order valence-electron chi connectivity index (χ0n) is 19.4. The fourth-order valence-corrected chi connectivity index (χ4v) is 4.36. The van der Waals surface area contributed by atoms with Gasteiger partial charge in [0.05, 0.1) is 30.9 Å². The lowest BCUT2D eigenvalue weighted by Crippen LogP contribution is -2.30. The molecule has 0 bridgehead atoms. The number of aromatic hydroxyl groups is 1. The standard InChI is InChI=1S/C27H24ClNO6/c1-4-35-22-13-16(10-12-20(22)30)24-23(25(31)18-7-5-6-8-21(18)34-3)26(32)27(33)29(24)19-14-17(28)11-9-15(19)2/h5-14,24,30-31H,4H2,1-3H3/b25-23+. The van der Waals surface area contributed by atoms with Crippen LogP contribution in [-0.2, 0) is 9.59 Å². The first-order valence-corrected chi connectivity index (χ1v) is 11.3. The first-order valence-electron chi connectivity index (χ1n) is 10.9. The van der Waals surface area contributed by atoms with Crippen LogP contribution in [0.2, 0.25) is 5.02 Å². The minimum atomic E-state index is -1.02. The van der Waals surface area contributed by atoms with Crippen LogP contribution in [0.3, 0.4) is 0 Å². The second kappa shape index (κ2) is 9.72. The number of aliphatic hydroxyl groups is 1. The van der Waals surface area contributed by atoms with Gasteiger partial charge in [0.2, 0.25) is 0 Å². The Morgan fingerprint density at radius 3 is 2.51 bits per heavy atom. The molecule has 4 rings (SSSR count). The third-order valence-electron chi connectivity index (χ3n) is 5.84. The van der Waals surface area contributed by atoms with E-state index in [0.717, 1.165) is 0 Å². The zero-order chi connectivity index (χ0) is 25.3. The van der Waals surface area contributed by atoms with Gasteiger partial charge >= 0.3 is 0 Å². The number of anilines is 1. The molecule has 35 heavy (non-hydrogen) atoms. The second-order valence-corrected chi connectivity index (χ2v) is 8.40. The Hall–Kier alpha value is -3.97.